The fourth-order valence-electron chi connectivity index (χ4n) is 2.98. The molecule has 1 unspecified atom stereocenters. The number of hydrogen-bond acceptors (Lipinski definition) is 3. The number of aliphatic hydroxyl groups excluding tert-OH is 1. The molecular formula is C18H18FNO3. The summed E-state index contributed by atoms with van der Waals surface area (Å²) in [5.41, 5.74) is 3.06. The summed E-state index contributed by atoms with van der Waals surface area (Å²) in [5.74, 6) is -1.42. The Kier molecular flexibility index (Phi) is 4.30. The average Bonchev–Trinajstić information content (AvgIpc) is 2.94. The van der Waals surface area contributed by atoms with Crippen molar-refractivity contribution in [2.24, 2.45) is 0 Å². The van der Waals surface area contributed by atoms with E-state index < -0.39 is 11.8 Å². The van der Waals surface area contributed by atoms with Crippen molar-refractivity contribution >= 4 is 11.7 Å². The van der Waals surface area contributed by atoms with Gasteiger partial charge in [0.1, 0.15) is 5.82 Å². The fourth-order valence-corrected chi connectivity index (χ4v) is 2.98. The van der Waals surface area contributed by atoms with E-state index in [2.05, 4.69) is 4.90 Å². The van der Waals surface area contributed by atoms with Gasteiger partial charge in [-0.2, -0.15) is 0 Å². The summed E-state index contributed by atoms with van der Waals surface area (Å²) in [6, 6.07) is 11.9. The van der Waals surface area contributed by atoms with Crippen LogP contribution in [0.15, 0.2) is 42.5 Å². The van der Waals surface area contributed by atoms with Gasteiger partial charge in [-0.15, -0.1) is 0 Å². The SMILES string of the molecule is O=C(O)Cc1cc(F)ccc1-c1ccc(N2CCC(O)C2)cc1. The van der Waals surface area contributed by atoms with E-state index in [0.29, 0.717) is 12.1 Å². The summed E-state index contributed by atoms with van der Waals surface area (Å²) in [5, 5.41) is 18.6. The van der Waals surface area contributed by atoms with Crippen LogP contribution < -0.4 is 4.90 Å². The first-order chi connectivity index (χ1) is 11.0. The number of benzene rings is 2. The van der Waals surface area contributed by atoms with E-state index >= 15 is 0 Å². The quantitative estimate of drug-likeness (QED) is 0.911. The first-order valence-electron chi connectivity index (χ1n) is 7.56. The van der Waals surface area contributed by atoms with Gasteiger partial charge in [-0.3, -0.25) is 4.79 Å². The molecule has 1 saturated heterocycles. The minimum absolute atomic E-state index is 0.215. The zero-order chi connectivity index (χ0) is 16.4. The van der Waals surface area contributed by atoms with Gasteiger partial charge in [0.2, 0.25) is 0 Å². The van der Waals surface area contributed by atoms with Gasteiger partial charge in [0, 0.05) is 18.8 Å². The molecule has 0 amide bonds. The monoisotopic (exact) mass is 315 g/mol. The Hall–Kier alpha value is -2.40. The number of carboxylic acid groups (broad SMARTS) is 1. The van der Waals surface area contributed by atoms with Crippen LogP contribution in [0.5, 0.6) is 0 Å². The Morgan fingerprint density at radius 1 is 1.22 bits per heavy atom. The Labute approximate surface area is 133 Å². The molecule has 0 spiro atoms. The highest BCUT2D eigenvalue weighted by atomic mass is 19.1. The highest BCUT2D eigenvalue weighted by Crippen LogP contribution is 2.28. The summed E-state index contributed by atoms with van der Waals surface area (Å²) in [4.78, 5) is 13.1. The Morgan fingerprint density at radius 2 is 1.96 bits per heavy atom. The molecule has 2 aromatic carbocycles. The second-order valence-corrected chi connectivity index (χ2v) is 5.81. The van der Waals surface area contributed by atoms with Gasteiger partial charge in [-0.1, -0.05) is 18.2 Å². The number of carboxylic acids is 1. The molecule has 1 heterocycles. The molecule has 5 heteroatoms. The van der Waals surface area contributed by atoms with Crippen LogP contribution in [0.2, 0.25) is 0 Å². The third-order valence-corrected chi connectivity index (χ3v) is 4.12. The lowest BCUT2D eigenvalue weighted by Crippen LogP contribution is -2.20. The molecule has 1 atom stereocenters. The second-order valence-electron chi connectivity index (χ2n) is 5.81. The molecule has 4 nitrogen and oxygen atoms in total. The number of rotatable bonds is 4. The van der Waals surface area contributed by atoms with E-state index in [1.807, 2.05) is 24.3 Å². The topological polar surface area (TPSA) is 60.8 Å². The number of carbonyl (C=O) groups is 1. The highest BCUT2D eigenvalue weighted by Gasteiger charge is 2.20. The summed E-state index contributed by atoms with van der Waals surface area (Å²) in [7, 11) is 0. The molecule has 120 valence electrons. The predicted molar refractivity (Wildman–Crippen MR) is 86.0 cm³/mol. The van der Waals surface area contributed by atoms with Crippen LogP contribution in [-0.4, -0.2) is 35.4 Å². The van der Waals surface area contributed by atoms with Crippen LogP contribution in [0.1, 0.15) is 12.0 Å². The molecule has 0 bridgehead atoms. The van der Waals surface area contributed by atoms with Crippen molar-refractivity contribution in [1.29, 1.82) is 0 Å². The maximum atomic E-state index is 13.4. The third-order valence-electron chi connectivity index (χ3n) is 4.12. The molecule has 1 aliphatic rings. The number of halogens is 1. The Bertz CT molecular complexity index is 715. The summed E-state index contributed by atoms with van der Waals surface area (Å²) < 4.78 is 13.4. The minimum Gasteiger partial charge on any atom is -0.481 e. The lowest BCUT2D eigenvalue weighted by Gasteiger charge is -2.18. The van der Waals surface area contributed by atoms with Crippen LogP contribution in [0.4, 0.5) is 10.1 Å². The van der Waals surface area contributed by atoms with Crippen molar-refractivity contribution in [3.8, 4) is 11.1 Å². The van der Waals surface area contributed by atoms with Crippen LogP contribution >= 0.6 is 0 Å². The van der Waals surface area contributed by atoms with Gasteiger partial charge < -0.3 is 15.1 Å². The van der Waals surface area contributed by atoms with Gasteiger partial charge in [0.05, 0.1) is 12.5 Å². The van der Waals surface area contributed by atoms with E-state index in [1.165, 1.54) is 12.1 Å². The molecule has 0 aromatic heterocycles. The van der Waals surface area contributed by atoms with Crippen molar-refractivity contribution in [2.75, 3.05) is 18.0 Å². The zero-order valence-electron chi connectivity index (χ0n) is 12.6. The Morgan fingerprint density at radius 3 is 2.57 bits per heavy atom. The molecule has 2 N–H and O–H groups in total. The zero-order valence-corrected chi connectivity index (χ0v) is 12.6. The molecule has 23 heavy (non-hydrogen) atoms. The number of hydrogen-bond donors (Lipinski definition) is 2. The molecule has 0 aliphatic carbocycles. The van der Waals surface area contributed by atoms with Crippen LogP contribution in [0.3, 0.4) is 0 Å². The van der Waals surface area contributed by atoms with Gasteiger partial charge in [-0.05, 0) is 47.4 Å². The van der Waals surface area contributed by atoms with Crippen molar-refractivity contribution in [3.05, 3.63) is 53.8 Å². The number of aliphatic hydroxyl groups is 1. The summed E-state index contributed by atoms with van der Waals surface area (Å²) in [6.45, 7) is 1.45. The Balaban J connectivity index is 1.88. The number of anilines is 1. The number of aliphatic carboxylic acids is 1. The summed E-state index contributed by atoms with van der Waals surface area (Å²) >= 11 is 0. The van der Waals surface area contributed by atoms with Crippen molar-refractivity contribution in [2.45, 2.75) is 18.9 Å². The largest absolute Gasteiger partial charge is 0.481 e. The van der Waals surface area contributed by atoms with E-state index in [9.17, 15) is 14.3 Å². The van der Waals surface area contributed by atoms with E-state index in [-0.39, 0.29) is 12.5 Å². The number of β-amino-alcohol motifs (C(OH)–C–C–N with tert-alkyl or cyclic N) is 1. The second kappa shape index (κ2) is 6.38. The van der Waals surface area contributed by atoms with Gasteiger partial charge in [0.15, 0.2) is 0 Å². The normalized spacial score (nSPS) is 17.5. The fraction of sp³-hybridized carbons (Fsp3) is 0.278. The first-order valence-corrected chi connectivity index (χ1v) is 7.56. The highest BCUT2D eigenvalue weighted by molar-refractivity contribution is 5.77. The first kappa shape index (κ1) is 15.5. The van der Waals surface area contributed by atoms with Gasteiger partial charge in [-0.25, -0.2) is 4.39 Å². The smallest absolute Gasteiger partial charge is 0.307 e. The van der Waals surface area contributed by atoms with Crippen molar-refractivity contribution in [1.82, 2.24) is 0 Å². The summed E-state index contributed by atoms with van der Waals surface area (Å²) in [6.07, 6.45) is 0.268. The standard InChI is InChI=1S/C18H18FNO3/c19-14-3-6-17(13(9-14)10-18(22)23)12-1-4-15(5-2-12)20-8-7-16(21)11-20/h1-6,9,16,21H,7-8,10-11H2,(H,22,23). The molecule has 0 radical (unpaired) electrons. The van der Waals surface area contributed by atoms with Gasteiger partial charge >= 0.3 is 5.97 Å². The molecule has 3 rings (SSSR count). The van der Waals surface area contributed by atoms with Crippen LogP contribution in [0.25, 0.3) is 11.1 Å². The third kappa shape index (κ3) is 3.51. The maximum absolute atomic E-state index is 13.4. The van der Waals surface area contributed by atoms with E-state index in [1.54, 1.807) is 6.07 Å². The predicted octanol–water partition coefficient (Wildman–Crippen LogP) is 2.69. The van der Waals surface area contributed by atoms with Gasteiger partial charge in [0.25, 0.3) is 0 Å². The van der Waals surface area contributed by atoms with E-state index in [0.717, 1.165) is 29.8 Å². The molecular weight excluding hydrogens is 297 g/mol. The lowest BCUT2D eigenvalue weighted by molar-refractivity contribution is -0.136. The molecule has 1 aliphatic heterocycles. The van der Waals surface area contributed by atoms with Crippen molar-refractivity contribution < 1.29 is 19.4 Å². The maximum Gasteiger partial charge on any atom is 0.307 e. The minimum atomic E-state index is -0.987. The van der Waals surface area contributed by atoms with Crippen molar-refractivity contribution in [3.63, 3.8) is 0 Å². The lowest BCUT2D eigenvalue weighted by atomic mass is 9.97. The number of nitrogens with zero attached hydrogens (tertiary/aromatic N) is 1. The molecule has 1 fully saturated rings. The van der Waals surface area contributed by atoms with E-state index in [4.69, 9.17) is 5.11 Å². The van der Waals surface area contributed by atoms with Crippen LogP contribution in [0, 0.1) is 5.82 Å². The molecule has 0 saturated carbocycles. The molecule has 2 aromatic rings. The van der Waals surface area contributed by atoms with Crippen LogP contribution in [-0.2, 0) is 11.2 Å². The average molecular weight is 315 g/mol.